The fourth-order valence-corrected chi connectivity index (χ4v) is 2.60. The van der Waals surface area contributed by atoms with Gasteiger partial charge in [-0.1, -0.05) is 20.8 Å². The largest absolute Gasteiger partial charge is 0.504 e. The van der Waals surface area contributed by atoms with Gasteiger partial charge in [0.25, 0.3) is 0 Å². The highest BCUT2D eigenvalue weighted by Gasteiger charge is 2.22. The summed E-state index contributed by atoms with van der Waals surface area (Å²) < 4.78 is 1.94. The van der Waals surface area contributed by atoms with Gasteiger partial charge in [0.05, 0.1) is 5.39 Å². The maximum absolute atomic E-state index is 10.1. The first-order valence-corrected chi connectivity index (χ1v) is 6.67. The van der Waals surface area contributed by atoms with Crippen molar-refractivity contribution in [2.45, 2.75) is 26.2 Å². The van der Waals surface area contributed by atoms with Crippen LogP contribution in [0.4, 0.5) is 0 Å². The van der Waals surface area contributed by atoms with Crippen LogP contribution in [0.5, 0.6) is 11.5 Å². The fraction of sp³-hybridized carbons (Fsp3) is 0.235. The van der Waals surface area contributed by atoms with Crippen LogP contribution in [0.25, 0.3) is 16.3 Å². The van der Waals surface area contributed by atoms with E-state index in [0.717, 1.165) is 16.5 Å². The summed E-state index contributed by atoms with van der Waals surface area (Å²) in [5.74, 6) is -0.135. The maximum atomic E-state index is 10.1. The summed E-state index contributed by atoms with van der Waals surface area (Å²) in [4.78, 5) is 0. The Bertz CT molecular complexity index is 816. The normalized spacial score (nSPS) is 12.2. The number of benzene rings is 1. The molecule has 2 N–H and O–H groups in total. The monoisotopic (exact) mass is 268 g/mol. The van der Waals surface area contributed by atoms with Crippen molar-refractivity contribution in [1.29, 1.82) is 0 Å². The Morgan fingerprint density at radius 3 is 2.45 bits per heavy atom. The van der Waals surface area contributed by atoms with Crippen molar-refractivity contribution in [3.63, 3.8) is 0 Å². The minimum Gasteiger partial charge on any atom is -0.504 e. The summed E-state index contributed by atoms with van der Waals surface area (Å²) in [5, 5.41) is 21.8. The van der Waals surface area contributed by atoms with Crippen molar-refractivity contribution in [2.24, 2.45) is 0 Å². The molecule has 3 nitrogen and oxygen atoms in total. The Morgan fingerprint density at radius 1 is 1.00 bits per heavy atom. The lowest BCUT2D eigenvalue weighted by atomic mass is 9.83. The topological polar surface area (TPSA) is 44.6 Å². The van der Waals surface area contributed by atoms with Crippen LogP contribution in [-0.4, -0.2) is 10.2 Å². The molecule has 0 fully saturated rings. The molecule has 3 heteroatoms. The Balaban J connectivity index is 2.52. The average Bonchev–Trinajstić information content (AvgIpc) is 2.40. The fourth-order valence-electron chi connectivity index (χ4n) is 2.60. The lowest BCUT2D eigenvalue weighted by Crippen LogP contribution is -2.21. The van der Waals surface area contributed by atoms with E-state index in [1.165, 1.54) is 0 Å². The zero-order chi connectivity index (χ0) is 14.5. The molecule has 0 bridgehead atoms. The molecule has 2 aromatic heterocycles. The average molecular weight is 268 g/mol. The zero-order valence-corrected chi connectivity index (χ0v) is 11.9. The first-order valence-electron chi connectivity index (χ1n) is 6.67. The number of phenolic OH excluding ortho intramolecular Hbond substituents is 2. The molecular formula is C17H18NO2+. The zero-order valence-electron chi connectivity index (χ0n) is 11.9. The number of nitrogens with zero attached hydrogens (tertiary/aromatic N) is 1. The molecule has 3 aromatic rings. The Hall–Kier alpha value is -2.29. The van der Waals surface area contributed by atoms with Gasteiger partial charge >= 0.3 is 0 Å². The molecule has 0 aliphatic heterocycles. The summed E-state index contributed by atoms with van der Waals surface area (Å²) in [7, 11) is 0. The molecule has 0 aliphatic rings. The summed E-state index contributed by atoms with van der Waals surface area (Å²) in [5.41, 5.74) is 1.96. The highest BCUT2D eigenvalue weighted by Crippen LogP contribution is 2.40. The number of phenols is 2. The predicted molar refractivity (Wildman–Crippen MR) is 79.1 cm³/mol. The second-order valence-electron chi connectivity index (χ2n) is 6.18. The van der Waals surface area contributed by atoms with Crippen molar-refractivity contribution in [2.75, 3.05) is 0 Å². The molecule has 0 saturated heterocycles. The van der Waals surface area contributed by atoms with Gasteiger partial charge in [0.2, 0.25) is 5.52 Å². The molecule has 102 valence electrons. The lowest BCUT2D eigenvalue weighted by Gasteiger charge is -2.21. The second-order valence-corrected chi connectivity index (χ2v) is 6.18. The van der Waals surface area contributed by atoms with E-state index in [1.54, 1.807) is 6.07 Å². The predicted octanol–water partition coefficient (Wildman–Crippen LogP) is 3.29. The Labute approximate surface area is 117 Å². The molecule has 0 amide bonds. The van der Waals surface area contributed by atoms with Gasteiger partial charge in [-0.05, 0) is 23.1 Å². The molecule has 20 heavy (non-hydrogen) atoms. The third-order valence-corrected chi connectivity index (χ3v) is 3.65. The smallest absolute Gasteiger partial charge is 0.211 e. The first-order chi connectivity index (χ1) is 9.38. The van der Waals surface area contributed by atoms with Gasteiger partial charge in [-0.3, -0.25) is 0 Å². The van der Waals surface area contributed by atoms with Gasteiger partial charge in [-0.2, -0.15) is 4.40 Å². The molecule has 3 rings (SSSR count). The number of pyridine rings is 2. The molecule has 0 spiro atoms. The van der Waals surface area contributed by atoms with Crippen molar-refractivity contribution < 1.29 is 14.6 Å². The van der Waals surface area contributed by atoms with Crippen LogP contribution in [0.2, 0.25) is 0 Å². The van der Waals surface area contributed by atoms with Gasteiger partial charge in [0.15, 0.2) is 23.9 Å². The van der Waals surface area contributed by atoms with Crippen molar-refractivity contribution in [1.82, 2.24) is 0 Å². The standard InChI is InChI=1S/C17H17NO2/c1-17(2,3)14-9-15(19)16(20)13-10-18-7-5-4-6-11(18)8-12(13)14/h4-10,19H,1-3H3/p+1. The maximum Gasteiger partial charge on any atom is 0.211 e. The third-order valence-electron chi connectivity index (χ3n) is 3.65. The lowest BCUT2D eigenvalue weighted by molar-refractivity contribution is -0.510. The van der Waals surface area contributed by atoms with Crippen LogP contribution in [0, 0.1) is 0 Å². The van der Waals surface area contributed by atoms with Crippen LogP contribution >= 0.6 is 0 Å². The van der Waals surface area contributed by atoms with E-state index < -0.39 is 0 Å². The minimum atomic E-state index is -0.115. The van der Waals surface area contributed by atoms with E-state index in [4.69, 9.17) is 0 Å². The van der Waals surface area contributed by atoms with E-state index >= 15 is 0 Å². The quantitative estimate of drug-likeness (QED) is 0.373. The van der Waals surface area contributed by atoms with Crippen LogP contribution in [0.15, 0.2) is 42.7 Å². The summed E-state index contributed by atoms with van der Waals surface area (Å²) in [6, 6.07) is 9.66. The Morgan fingerprint density at radius 2 is 1.75 bits per heavy atom. The van der Waals surface area contributed by atoms with Crippen LogP contribution < -0.4 is 4.40 Å². The van der Waals surface area contributed by atoms with Gasteiger partial charge in [-0.25, -0.2) is 0 Å². The number of aromatic hydroxyl groups is 2. The molecule has 0 unspecified atom stereocenters. The molecular weight excluding hydrogens is 250 g/mol. The number of fused-ring (bicyclic) bond motifs is 2. The Kier molecular flexibility index (Phi) is 2.61. The van der Waals surface area contributed by atoms with Gasteiger partial charge in [0.1, 0.15) is 0 Å². The molecule has 2 heterocycles. The van der Waals surface area contributed by atoms with Crippen molar-refractivity contribution in [3.8, 4) is 11.5 Å². The van der Waals surface area contributed by atoms with Gasteiger partial charge < -0.3 is 10.2 Å². The van der Waals surface area contributed by atoms with Crippen LogP contribution in [-0.2, 0) is 5.41 Å². The molecule has 0 atom stereocenters. The first kappa shape index (κ1) is 12.7. The third kappa shape index (κ3) is 1.86. The molecule has 0 saturated carbocycles. The highest BCUT2D eigenvalue weighted by atomic mass is 16.3. The second kappa shape index (κ2) is 4.10. The number of hydrogen-bond acceptors (Lipinski definition) is 2. The van der Waals surface area contributed by atoms with E-state index in [1.807, 2.05) is 35.0 Å². The van der Waals surface area contributed by atoms with E-state index in [-0.39, 0.29) is 16.9 Å². The van der Waals surface area contributed by atoms with E-state index in [0.29, 0.717) is 5.39 Å². The molecule has 1 aromatic carbocycles. The van der Waals surface area contributed by atoms with Crippen LogP contribution in [0.1, 0.15) is 26.3 Å². The summed E-state index contributed by atoms with van der Waals surface area (Å²) in [6.45, 7) is 6.29. The number of aromatic nitrogens is 1. The molecule has 0 radical (unpaired) electrons. The number of hydrogen-bond donors (Lipinski definition) is 2. The highest BCUT2D eigenvalue weighted by molar-refractivity contribution is 5.94. The van der Waals surface area contributed by atoms with Crippen molar-refractivity contribution in [3.05, 3.63) is 48.3 Å². The molecule has 0 aliphatic carbocycles. The van der Waals surface area contributed by atoms with Crippen molar-refractivity contribution >= 4 is 16.3 Å². The van der Waals surface area contributed by atoms with Gasteiger partial charge in [0, 0.05) is 23.6 Å². The van der Waals surface area contributed by atoms with E-state index in [9.17, 15) is 10.2 Å². The van der Waals surface area contributed by atoms with Gasteiger partial charge in [-0.15, -0.1) is 0 Å². The van der Waals surface area contributed by atoms with E-state index in [2.05, 4.69) is 26.8 Å². The minimum absolute atomic E-state index is 0.0637. The summed E-state index contributed by atoms with van der Waals surface area (Å²) >= 11 is 0. The summed E-state index contributed by atoms with van der Waals surface area (Å²) in [6.07, 6.45) is 3.78. The SMILES string of the molecule is CC(C)(C)c1cc(O)c(O)c2c[n+]3ccccc3cc12. The number of rotatable bonds is 0. The van der Waals surface area contributed by atoms with Crippen LogP contribution in [0.3, 0.4) is 0 Å².